The average Bonchev–Trinajstić information content (AvgIpc) is 3.28. The number of nitrogens with zero attached hydrogens (tertiary/aromatic N) is 6. The third-order valence-electron chi connectivity index (χ3n) is 4.99. The largest absolute Gasteiger partial charge is 0.342 e. The average molecular weight is 422 g/mol. The van der Waals surface area contributed by atoms with Crippen molar-refractivity contribution in [3.8, 4) is 5.00 Å². The predicted octanol–water partition coefficient (Wildman–Crippen LogP) is 2.03. The predicted molar refractivity (Wildman–Crippen MR) is 108 cm³/mol. The van der Waals surface area contributed by atoms with Gasteiger partial charge in [-0.25, -0.2) is 13.8 Å². The second kappa shape index (κ2) is 7.54. The van der Waals surface area contributed by atoms with Crippen molar-refractivity contribution in [3.05, 3.63) is 38.8 Å². The number of likely N-dealkylation sites (N-methyl/N-ethyl adjacent to an activating group) is 1. The van der Waals surface area contributed by atoms with E-state index >= 15 is 0 Å². The van der Waals surface area contributed by atoms with E-state index in [1.165, 1.54) is 35.9 Å². The van der Waals surface area contributed by atoms with Crippen LogP contribution in [0.4, 0.5) is 4.39 Å². The van der Waals surface area contributed by atoms with Crippen molar-refractivity contribution in [2.75, 3.05) is 7.05 Å². The van der Waals surface area contributed by atoms with Crippen molar-refractivity contribution in [1.29, 1.82) is 0 Å². The number of halogens is 1. The Morgan fingerprint density at radius 3 is 2.24 bits per heavy atom. The number of rotatable bonds is 5. The van der Waals surface area contributed by atoms with Crippen molar-refractivity contribution >= 4 is 27.5 Å². The summed E-state index contributed by atoms with van der Waals surface area (Å²) in [5, 5.41) is 8.81. The quantitative estimate of drug-likeness (QED) is 0.627. The SMILES string of the molecule is Cc1c(-n2nccn2)sc2c1c(=O)n([C@@H](C)C(=O)N(C)C(C)C)c(=O)n2C(C)F. The topological polar surface area (TPSA) is 95.0 Å². The maximum absolute atomic E-state index is 14.5. The lowest BCUT2D eigenvalue weighted by Crippen LogP contribution is -2.47. The highest BCUT2D eigenvalue weighted by atomic mass is 32.1. The first-order valence-electron chi connectivity index (χ1n) is 9.15. The molecule has 0 aliphatic heterocycles. The van der Waals surface area contributed by atoms with Gasteiger partial charge in [-0.2, -0.15) is 10.2 Å². The first-order chi connectivity index (χ1) is 13.6. The summed E-state index contributed by atoms with van der Waals surface area (Å²) in [6, 6.07) is -1.20. The number of alkyl halides is 1. The van der Waals surface area contributed by atoms with Gasteiger partial charge in [0.1, 0.15) is 15.9 Å². The maximum Gasteiger partial charge on any atom is 0.335 e. The third kappa shape index (κ3) is 3.28. The molecule has 0 spiro atoms. The van der Waals surface area contributed by atoms with E-state index < -0.39 is 29.5 Å². The summed E-state index contributed by atoms with van der Waals surface area (Å²) in [5.74, 6) is -0.404. The molecule has 3 aromatic rings. The molecule has 29 heavy (non-hydrogen) atoms. The van der Waals surface area contributed by atoms with Crippen LogP contribution in [0.2, 0.25) is 0 Å². The third-order valence-corrected chi connectivity index (χ3v) is 6.25. The van der Waals surface area contributed by atoms with Crippen LogP contribution >= 0.6 is 11.3 Å². The highest BCUT2D eigenvalue weighted by molar-refractivity contribution is 7.21. The second-order valence-corrected chi connectivity index (χ2v) is 8.13. The first-order valence-corrected chi connectivity index (χ1v) is 9.97. The van der Waals surface area contributed by atoms with Crippen molar-refractivity contribution in [2.24, 2.45) is 0 Å². The summed E-state index contributed by atoms with van der Waals surface area (Å²) in [5.41, 5.74) is -0.977. The molecule has 2 atom stereocenters. The number of carbonyl (C=O) groups is 1. The molecule has 156 valence electrons. The van der Waals surface area contributed by atoms with E-state index in [2.05, 4.69) is 10.2 Å². The van der Waals surface area contributed by atoms with Crippen LogP contribution in [-0.2, 0) is 4.79 Å². The van der Waals surface area contributed by atoms with Crippen LogP contribution in [0.25, 0.3) is 15.2 Å². The van der Waals surface area contributed by atoms with Gasteiger partial charge in [-0.15, -0.1) is 4.80 Å². The van der Waals surface area contributed by atoms with Gasteiger partial charge in [-0.05, 0) is 34.6 Å². The molecular formula is C18H23FN6O3S. The molecule has 1 unspecified atom stereocenters. The van der Waals surface area contributed by atoms with Gasteiger partial charge in [-0.3, -0.25) is 14.2 Å². The monoisotopic (exact) mass is 422 g/mol. The van der Waals surface area contributed by atoms with E-state index in [-0.39, 0.29) is 16.3 Å². The molecule has 0 saturated carbocycles. The van der Waals surface area contributed by atoms with Gasteiger partial charge in [0.05, 0.1) is 17.8 Å². The Morgan fingerprint density at radius 2 is 1.72 bits per heavy atom. The fourth-order valence-corrected chi connectivity index (χ4v) is 4.42. The molecule has 0 aliphatic carbocycles. The lowest BCUT2D eigenvalue weighted by molar-refractivity contribution is -0.134. The fourth-order valence-electron chi connectivity index (χ4n) is 3.14. The van der Waals surface area contributed by atoms with E-state index in [4.69, 9.17) is 0 Å². The second-order valence-electron chi connectivity index (χ2n) is 7.15. The molecule has 3 heterocycles. The lowest BCUT2D eigenvalue weighted by Gasteiger charge is -2.26. The van der Waals surface area contributed by atoms with Crippen LogP contribution in [0.15, 0.2) is 22.0 Å². The van der Waals surface area contributed by atoms with Crippen LogP contribution in [0, 0.1) is 6.92 Å². The number of hydrogen-bond donors (Lipinski definition) is 0. The summed E-state index contributed by atoms with van der Waals surface area (Å²) in [6.45, 7) is 8.02. The zero-order chi connectivity index (χ0) is 21.6. The van der Waals surface area contributed by atoms with Crippen LogP contribution < -0.4 is 11.2 Å². The van der Waals surface area contributed by atoms with Gasteiger partial charge in [0.15, 0.2) is 6.30 Å². The molecule has 3 aromatic heterocycles. The van der Waals surface area contributed by atoms with Gasteiger partial charge >= 0.3 is 5.69 Å². The minimum Gasteiger partial charge on any atom is -0.342 e. The van der Waals surface area contributed by atoms with E-state index in [1.54, 1.807) is 14.0 Å². The Labute approximate surface area is 170 Å². The van der Waals surface area contributed by atoms with Gasteiger partial charge < -0.3 is 4.90 Å². The van der Waals surface area contributed by atoms with E-state index in [9.17, 15) is 18.8 Å². The van der Waals surface area contributed by atoms with Crippen molar-refractivity contribution in [1.82, 2.24) is 29.0 Å². The summed E-state index contributed by atoms with van der Waals surface area (Å²) >= 11 is 1.06. The molecule has 0 bridgehead atoms. The highest BCUT2D eigenvalue weighted by Crippen LogP contribution is 2.31. The molecule has 11 heteroatoms. The van der Waals surface area contributed by atoms with Crippen molar-refractivity contribution in [3.63, 3.8) is 0 Å². The minimum atomic E-state index is -1.70. The number of carbonyl (C=O) groups excluding carboxylic acids is 1. The number of aryl methyl sites for hydroxylation is 1. The van der Waals surface area contributed by atoms with Crippen LogP contribution in [-0.4, -0.2) is 48.0 Å². The number of hydrogen-bond acceptors (Lipinski definition) is 6. The number of amides is 1. The summed E-state index contributed by atoms with van der Waals surface area (Å²) in [7, 11) is 1.60. The molecule has 0 saturated heterocycles. The van der Waals surface area contributed by atoms with Gasteiger partial charge in [-0.1, -0.05) is 11.3 Å². The Bertz CT molecular complexity index is 1180. The van der Waals surface area contributed by atoms with Gasteiger partial charge in [0, 0.05) is 18.7 Å². The molecule has 0 aromatic carbocycles. The Balaban J connectivity index is 2.36. The van der Waals surface area contributed by atoms with E-state index in [0.717, 1.165) is 20.5 Å². The zero-order valence-corrected chi connectivity index (χ0v) is 17.9. The normalized spacial score (nSPS) is 13.8. The standard InChI is InChI=1S/C18H23FN6O3S/c1-9(2)22(6)14(26)11(4)23-15(27)13-10(3)16(25-20-7-8-21-25)29-17(13)24(12(5)19)18(23)28/h7-9,11-12H,1-6H3/t11-,12?/m0/s1. The number of aromatic nitrogens is 5. The van der Waals surface area contributed by atoms with E-state index in [0.29, 0.717) is 10.6 Å². The molecule has 0 aliphatic rings. The molecule has 3 rings (SSSR count). The Kier molecular flexibility index (Phi) is 5.44. The van der Waals surface area contributed by atoms with Crippen molar-refractivity contribution < 1.29 is 9.18 Å². The molecule has 0 fully saturated rings. The Morgan fingerprint density at radius 1 is 1.14 bits per heavy atom. The number of thiophene rings is 1. The molecule has 0 N–H and O–H groups in total. The maximum atomic E-state index is 14.5. The zero-order valence-electron chi connectivity index (χ0n) is 17.1. The minimum absolute atomic E-state index is 0.118. The number of fused-ring (bicyclic) bond motifs is 1. The summed E-state index contributed by atoms with van der Waals surface area (Å²) in [4.78, 5) is 42.1. The molecule has 0 radical (unpaired) electrons. The van der Waals surface area contributed by atoms with Crippen LogP contribution in [0.1, 0.15) is 45.6 Å². The van der Waals surface area contributed by atoms with Gasteiger partial charge in [0.25, 0.3) is 5.56 Å². The lowest BCUT2D eigenvalue weighted by atomic mass is 10.2. The summed E-state index contributed by atoms with van der Waals surface area (Å²) in [6.07, 6.45) is 1.27. The first kappa shape index (κ1) is 20.9. The van der Waals surface area contributed by atoms with Gasteiger partial charge in [0.2, 0.25) is 5.91 Å². The van der Waals surface area contributed by atoms with Crippen LogP contribution in [0.3, 0.4) is 0 Å². The molecular weight excluding hydrogens is 399 g/mol. The van der Waals surface area contributed by atoms with Crippen molar-refractivity contribution in [2.45, 2.75) is 53.0 Å². The molecule has 1 amide bonds. The summed E-state index contributed by atoms with van der Waals surface area (Å²) < 4.78 is 16.2. The highest BCUT2D eigenvalue weighted by Gasteiger charge is 2.29. The molecule has 9 nitrogen and oxygen atoms in total. The van der Waals surface area contributed by atoms with E-state index in [1.807, 2.05) is 13.8 Å². The smallest absolute Gasteiger partial charge is 0.335 e. The van der Waals surface area contributed by atoms with Crippen LogP contribution in [0.5, 0.6) is 0 Å². The fraction of sp³-hybridized carbons (Fsp3) is 0.500. The Hall–Kier alpha value is -2.82.